The number of nitrogens with zero attached hydrogens (tertiary/aromatic N) is 1. The van der Waals surface area contributed by atoms with E-state index in [4.69, 9.17) is 0 Å². The smallest absolute Gasteiger partial charge is 0.251 e. The molecule has 4 saturated carbocycles. The number of benzene rings is 1. The summed E-state index contributed by atoms with van der Waals surface area (Å²) in [4.78, 5) is 18.1. The molecule has 6 rings (SSSR count). The van der Waals surface area contributed by atoms with Gasteiger partial charge in [0.2, 0.25) is 0 Å². The first-order valence-corrected chi connectivity index (χ1v) is 11.5. The average Bonchev–Trinajstić information content (AvgIpc) is 2.69. The third-order valence-corrected chi connectivity index (χ3v) is 8.29. The summed E-state index contributed by atoms with van der Waals surface area (Å²) in [5, 5.41) is 3.06. The summed E-state index contributed by atoms with van der Waals surface area (Å²) in [5.74, 6) is 0.582. The van der Waals surface area contributed by atoms with Gasteiger partial charge in [-0.3, -0.25) is 4.79 Å². The number of alkyl halides is 1. The highest BCUT2D eigenvalue weighted by Gasteiger charge is 2.65. The Morgan fingerprint density at radius 1 is 1.17 bits per heavy atom. The molecule has 5 fully saturated rings. The fraction of sp³-hybridized carbons (Fsp3) is 0.680. The Kier molecular flexibility index (Phi) is 4.69. The van der Waals surface area contributed by atoms with Crippen molar-refractivity contribution in [3.63, 3.8) is 0 Å². The predicted molar refractivity (Wildman–Crippen MR) is 114 cm³/mol. The highest BCUT2D eigenvalue weighted by Crippen LogP contribution is 2.71. The van der Waals surface area contributed by atoms with E-state index in [1.807, 2.05) is 0 Å². The van der Waals surface area contributed by atoms with Crippen molar-refractivity contribution in [2.24, 2.45) is 21.7 Å². The molecule has 1 N–H and O–H groups in total. The average molecular weight is 397 g/mol. The number of nitrogens with one attached hydrogen (secondary N) is 1. The van der Waals surface area contributed by atoms with Gasteiger partial charge in [0.25, 0.3) is 5.91 Å². The van der Waals surface area contributed by atoms with Crippen LogP contribution >= 0.6 is 0 Å². The van der Waals surface area contributed by atoms with Crippen LogP contribution in [0.1, 0.15) is 70.3 Å². The second-order valence-corrected chi connectivity index (χ2v) is 10.5. The molecular formula is C25H33FN2O. The molecular weight excluding hydrogens is 363 g/mol. The van der Waals surface area contributed by atoms with Gasteiger partial charge < -0.3 is 5.32 Å². The number of aliphatic imine (C=N–C) groups is 1. The number of carbonyl (C=O) groups excluding carboxylic acids is 1. The van der Waals surface area contributed by atoms with Crippen LogP contribution in [0.3, 0.4) is 0 Å². The molecule has 0 radical (unpaired) electrons. The zero-order valence-electron chi connectivity index (χ0n) is 17.6. The Hall–Kier alpha value is -1.55. The van der Waals surface area contributed by atoms with Crippen molar-refractivity contribution in [1.82, 2.24) is 5.32 Å². The molecule has 3 nitrogen and oxygen atoms in total. The minimum atomic E-state index is -1.12. The summed E-state index contributed by atoms with van der Waals surface area (Å²) in [6.07, 6.45) is 8.27. The lowest BCUT2D eigenvalue weighted by atomic mass is 9.37. The van der Waals surface area contributed by atoms with E-state index < -0.39 is 6.17 Å². The molecule has 4 bridgehead atoms. The molecule has 3 unspecified atom stereocenters. The van der Waals surface area contributed by atoms with Gasteiger partial charge in [0.15, 0.2) is 6.17 Å². The van der Waals surface area contributed by atoms with Gasteiger partial charge in [-0.05, 0) is 67.3 Å². The lowest BCUT2D eigenvalue weighted by Crippen LogP contribution is -2.60. The van der Waals surface area contributed by atoms with Crippen molar-refractivity contribution in [2.45, 2.75) is 76.3 Å². The summed E-state index contributed by atoms with van der Waals surface area (Å²) in [5.41, 5.74) is 1.84. The molecule has 156 valence electrons. The van der Waals surface area contributed by atoms with Crippen molar-refractivity contribution in [3.8, 4) is 0 Å². The first-order valence-electron chi connectivity index (χ1n) is 11.5. The minimum Gasteiger partial charge on any atom is -0.313 e. The largest absolute Gasteiger partial charge is 0.313 e. The summed E-state index contributed by atoms with van der Waals surface area (Å²) in [7, 11) is 0. The van der Waals surface area contributed by atoms with Crippen LogP contribution in [0, 0.1) is 16.7 Å². The van der Waals surface area contributed by atoms with Crippen LogP contribution < -0.4 is 5.32 Å². The van der Waals surface area contributed by atoms with E-state index in [1.165, 1.54) is 31.2 Å². The molecule has 0 spiro atoms. The summed E-state index contributed by atoms with van der Waals surface area (Å²) >= 11 is 0. The molecule has 1 aromatic rings. The van der Waals surface area contributed by atoms with E-state index in [0.29, 0.717) is 18.1 Å². The maximum Gasteiger partial charge on any atom is 0.251 e. The van der Waals surface area contributed by atoms with E-state index in [-0.39, 0.29) is 28.7 Å². The Morgan fingerprint density at radius 2 is 2.00 bits per heavy atom. The van der Waals surface area contributed by atoms with Crippen molar-refractivity contribution in [2.75, 3.05) is 13.1 Å². The molecule has 0 aromatic heterocycles. The van der Waals surface area contributed by atoms with Crippen LogP contribution in [-0.2, 0) is 10.2 Å². The number of rotatable bonds is 4. The van der Waals surface area contributed by atoms with Crippen molar-refractivity contribution in [1.29, 1.82) is 0 Å². The molecule has 1 heterocycles. The van der Waals surface area contributed by atoms with Gasteiger partial charge in [-0.2, -0.15) is 0 Å². The molecule has 1 aliphatic heterocycles. The molecule has 4 heteroatoms. The quantitative estimate of drug-likeness (QED) is 0.779. The van der Waals surface area contributed by atoms with Crippen LogP contribution in [0.2, 0.25) is 0 Å². The topological polar surface area (TPSA) is 41.5 Å². The summed E-state index contributed by atoms with van der Waals surface area (Å²) in [6, 6.07) is 10.9. The standard InChI is InChI=1S/C25H33FN2O/c1-2-9-23-11-18-12-24(15-23,19-6-4-3-5-7-19)17-25(13-18,16-23)22(29)28-21-8-10-27-14-20(21)26/h3-7,18,20,27H,2,8-17H2,1H3/t18?,20-,23?,24+,25?/m0/s1. The Balaban J connectivity index is 1.54. The van der Waals surface area contributed by atoms with Crippen molar-refractivity contribution >= 4 is 11.6 Å². The van der Waals surface area contributed by atoms with E-state index in [1.54, 1.807) is 0 Å². The number of hydrogen-bond donors (Lipinski definition) is 1. The first kappa shape index (κ1) is 19.4. The van der Waals surface area contributed by atoms with E-state index in [2.05, 4.69) is 47.6 Å². The molecule has 5 atom stereocenters. The van der Waals surface area contributed by atoms with E-state index >= 15 is 0 Å². The van der Waals surface area contributed by atoms with Gasteiger partial charge in [-0.25, -0.2) is 9.38 Å². The number of hydrogen-bond acceptors (Lipinski definition) is 2. The maximum atomic E-state index is 14.4. The van der Waals surface area contributed by atoms with Crippen LogP contribution in [-0.4, -0.2) is 30.9 Å². The summed E-state index contributed by atoms with van der Waals surface area (Å²) < 4.78 is 14.4. The SMILES string of the molecule is CCCC12CC3CC(C(=O)N=C4CCNC[C@@H]4F)(C1)C[C@@](c1ccccc1)(C3)C2. The highest BCUT2D eigenvalue weighted by atomic mass is 19.1. The van der Waals surface area contributed by atoms with Crippen LogP contribution in [0.15, 0.2) is 35.3 Å². The Labute approximate surface area is 173 Å². The Bertz CT molecular complexity index is 823. The van der Waals surface area contributed by atoms with Crippen LogP contribution in [0.25, 0.3) is 0 Å². The zero-order chi connectivity index (χ0) is 20.1. The van der Waals surface area contributed by atoms with Crippen molar-refractivity contribution < 1.29 is 9.18 Å². The monoisotopic (exact) mass is 396 g/mol. The molecule has 1 aromatic carbocycles. The third kappa shape index (κ3) is 3.19. The fourth-order valence-corrected chi connectivity index (χ4v) is 7.89. The normalized spacial score (nSPS) is 42.3. The molecule has 5 aliphatic rings. The Morgan fingerprint density at radius 3 is 2.76 bits per heavy atom. The second-order valence-electron chi connectivity index (χ2n) is 10.5. The minimum absolute atomic E-state index is 0.0121. The predicted octanol–water partition coefficient (Wildman–Crippen LogP) is 4.99. The maximum absolute atomic E-state index is 14.4. The van der Waals surface area contributed by atoms with Gasteiger partial charge >= 0.3 is 0 Å². The highest BCUT2D eigenvalue weighted by molar-refractivity contribution is 6.01. The number of halogens is 1. The molecule has 1 amide bonds. The lowest BCUT2D eigenvalue weighted by Gasteiger charge is -2.66. The molecule has 4 aliphatic carbocycles. The van der Waals surface area contributed by atoms with Crippen molar-refractivity contribution in [3.05, 3.63) is 35.9 Å². The lowest BCUT2D eigenvalue weighted by molar-refractivity contribution is -0.160. The van der Waals surface area contributed by atoms with Crippen LogP contribution in [0.5, 0.6) is 0 Å². The van der Waals surface area contributed by atoms with Gasteiger partial charge in [0, 0.05) is 19.5 Å². The van der Waals surface area contributed by atoms with E-state index in [0.717, 1.165) is 32.2 Å². The zero-order valence-corrected chi connectivity index (χ0v) is 17.6. The number of piperidine rings is 1. The third-order valence-electron chi connectivity index (χ3n) is 8.29. The summed E-state index contributed by atoms with van der Waals surface area (Å²) in [6.45, 7) is 3.27. The first-order chi connectivity index (χ1) is 14.0. The number of amides is 1. The molecule has 29 heavy (non-hydrogen) atoms. The van der Waals surface area contributed by atoms with Gasteiger partial charge in [0.1, 0.15) is 0 Å². The molecule has 1 saturated heterocycles. The number of carbonyl (C=O) groups is 1. The second kappa shape index (κ2) is 7.01. The fourth-order valence-electron chi connectivity index (χ4n) is 7.89. The van der Waals surface area contributed by atoms with Gasteiger partial charge in [0.05, 0.1) is 11.1 Å². The van der Waals surface area contributed by atoms with Crippen LogP contribution in [0.4, 0.5) is 4.39 Å². The van der Waals surface area contributed by atoms with E-state index in [9.17, 15) is 9.18 Å². The van der Waals surface area contributed by atoms with Gasteiger partial charge in [-0.15, -0.1) is 0 Å². The van der Waals surface area contributed by atoms with Gasteiger partial charge in [-0.1, -0.05) is 43.7 Å².